The van der Waals surface area contributed by atoms with Crippen molar-refractivity contribution in [2.45, 2.75) is 116 Å². The molecule has 0 saturated heterocycles. The molecule has 3 heteroatoms. The van der Waals surface area contributed by atoms with Gasteiger partial charge in [-0.3, -0.25) is 0 Å². The summed E-state index contributed by atoms with van der Waals surface area (Å²) in [6, 6.07) is 0. The van der Waals surface area contributed by atoms with E-state index in [1.54, 1.807) is 5.57 Å². The van der Waals surface area contributed by atoms with Crippen LogP contribution in [0.25, 0.3) is 0 Å². The molecule has 180 valence electrons. The van der Waals surface area contributed by atoms with Crippen molar-refractivity contribution >= 4 is 0 Å². The number of aliphatic hydroxyl groups is 2. The van der Waals surface area contributed by atoms with E-state index < -0.39 is 5.60 Å². The van der Waals surface area contributed by atoms with Crippen LogP contribution >= 0.6 is 0 Å². The Labute approximate surface area is 196 Å². The van der Waals surface area contributed by atoms with Crippen LogP contribution in [-0.4, -0.2) is 34.6 Å². The van der Waals surface area contributed by atoms with Crippen molar-refractivity contribution in [2.24, 2.45) is 23.2 Å². The van der Waals surface area contributed by atoms with E-state index in [-0.39, 0.29) is 12.2 Å². The number of hydrogen-bond donors (Lipinski definition) is 2. The fourth-order valence-electron chi connectivity index (χ4n) is 7.53. The first-order valence-electron chi connectivity index (χ1n) is 13.3. The minimum Gasteiger partial charge on any atom is -0.390 e. The normalized spacial score (nSPS) is 39.0. The lowest BCUT2D eigenvalue weighted by Crippen LogP contribution is -2.44. The van der Waals surface area contributed by atoms with E-state index >= 15 is 0 Å². The third kappa shape index (κ3) is 5.26. The SMILES string of the molecule is C[C@H](CCCC(C)(C)O)C1CCCC2/C(=C/C=C3\C[C@@H](O)C4=CCO[C@@H]4C3)CCC[C@@]21C. The second kappa shape index (κ2) is 9.76. The number of allylic oxidation sites excluding steroid dienone is 3. The fraction of sp³-hybridized carbons (Fsp3) is 0.793. The number of aliphatic hydroxyl groups excluding tert-OH is 1. The van der Waals surface area contributed by atoms with Crippen molar-refractivity contribution in [1.82, 2.24) is 0 Å². The third-order valence-electron chi connectivity index (χ3n) is 9.22. The minimum absolute atomic E-state index is 0.101. The topological polar surface area (TPSA) is 49.7 Å². The maximum Gasteiger partial charge on any atom is 0.0852 e. The van der Waals surface area contributed by atoms with Crippen molar-refractivity contribution < 1.29 is 14.9 Å². The molecule has 3 fully saturated rings. The molecule has 0 aromatic rings. The van der Waals surface area contributed by atoms with E-state index in [4.69, 9.17) is 4.74 Å². The molecule has 3 nitrogen and oxygen atoms in total. The molecule has 1 heterocycles. The zero-order valence-corrected chi connectivity index (χ0v) is 20.9. The van der Waals surface area contributed by atoms with Gasteiger partial charge < -0.3 is 14.9 Å². The van der Waals surface area contributed by atoms with Crippen molar-refractivity contribution in [2.75, 3.05) is 6.61 Å². The van der Waals surface area contributed by atoms with Gasteiger partial charge in [0.05, 0.1) is 24.4 Å². The van der Waals surface area contributed by atoms with Crippen LogP contribution in [0.5, 0.6) is 0 Å². The second-order valence-electron chi connectivity index (χ2n) is 12.1. The summed E-state index contributed by atoms with van der Waals surface area (Å²) in [6.45, 7) is 9.58. The average Bonchev–Trinajstić information content (AvgIpc) is 3.19. The molecular weight excluding hydrogens is 396 g/mol. The predicted molar refractivity (Wildman–Crippen MR) is 131 cm³/mol. The summed E-state index contributed by atoms with van der Waals surface area (Å²) in [6.07, 6.45) is 19.5. The van der Waals surface area contributed by atoms with Crippen LogP contribution in [0.1, 0.15) is 98.3 Å². The highest BCUT2D eigenvalue weighted by atomic mass is 16.5. The Kier molecular flexibility index (Phi) is 7.39. The molecule has 6 atom stereocenters. The summed E-state index contributed by atoms with van der Waals surface area (Å²) < 4.78 is 5.82. The summed E-state index contributed by atoms with van der Waals surface area (Å²) >= 11 is 0. The zero-order valence-electron chi connectivity index (χ0n) is 20.9. The monoisotopic (exact) mass is 442 g/mol. The highest BCUT2D eigenvalue weighted by Gasteiger charge is 2.48. The largest absolute Gasteiger partial charge is 0.390 e. The Balaban J connectivity index is 1.45. The summed E-state index contributed by atoms with van der Waals surface area (Å²) in [4.78, 5) is 0. The van der Waals surface area contributed by atoms with Crippen molar-refractivity contribution in [1.29, 1.82) is 0 Å². The van der Waals surface area contributed by atoms with Gasteiger partial charge in [0, 0.05) is 0 Å². The van der Waals surface area contributed by atoms with Gasteiger partial charge in [0.2, 0.25) is 0 Å². The maximum absolute atomic E-state index is 10.5. The molecular formula is C29H46O3. The highest BCUT2D eigenvalue weighted by Crippen LogP contribution is 2.57. The van der Waals surface area contributed by atoms with Gasteiger partial charge in [0.25, 0.3) is 0 Å². The maximum atomic E-state index is 10.5. The summed E-state index contributed by atoms with van der Waals surface area (Å²) in [7, 11) is 0. The Hall–Kier alpha value is -0.900. The molecule has 3 saturated carbocycles. The van der Waals surface area contributed by atoms with Gasteiger partial charge in [-0.05, 0) is 94.0 Å². The van der Waals surface area contributed by atoms with Crippen LogP contribution in [0.2, 0.25) is 0 Å². The number of hydrogen-bond acceptors (Lipinski definition) is 3. The molecule has 1 aliphatic heterocycles. The number of rotatable bonds is 6. The summed E-state index contributed by atoms with van der Waals surface area (Å²) in [5.41, 5.74) is 3.97. The second-order valence-corrected chi connectivity index (χ2v) is 12.1. The first-order valence-corrected chi connectivity index (χ1v) is 13.3. The van der Waals surface area contributed by atoms with Gasteiger partial charge >= 0.3 is 0 Å². The molecule has 4 aliphatic rings. The Bertz CT molecular complexity index is 755. The van der Waals surface area contributed by atoms with Crippen LogP contribution in [0.15, 0.2) is 34.9 Å². The fourth-order valence-corrected chi connectivity index (χ4v) is 7.53. The standard InChI is InChI=1S/C29H46O3/c1-20(8-6-15-28(2,3)31)24-10-5-11-25-22(9-7-16-29(24,25)4)13-12-21-18-26(30)23-14-17-32-27(23)19-21/h12-14,20,24-27,30-31H,5-11,15-19H2,1-4H3/b21-12+,22-13+/t20-,24?,25?,26-,27-,29-/m1/s1. The molecule has 0 aromatic heterocycles. The molecule has 0 radical (unpaired) electrons. The molecule has 0 spiro atoms. The third-order valence-corrected chi connectivity index (χ3v) is 9.22. The molecule has 2 N–H and O–H groups in total. The van der Waals surface area contributed by atoms with Gasteiger partial charge in [-0.15, -0.1) is 0 Å². The first-order chi connectivity index (χ1) is 15.2. The molecule has 32 heavy (non-hydrogen) atoms. The molecule has 0 aromatic carbocycles. The lowest BCUT2D eigenvalue weighted by Gasteiger charge is -2.54. The smallest absolute Gasteiger partial charge is 0.0852 e. The summed E-state index contributed by atoms with van der Waals surface area (Å²) in [5, 5.41) is 20.6. The van der Waals surface area contributed by atoms with Crippen LogP contribution in [0.4, 0.5) is 0 Å². The predicted octanol–water partition coefficient (Wildman–Crippen LogP) is 6.50. The minimum atomic E-state index is -0.542. The molecule has 4 rings (SSSR count). The first kappa shape index (κ1) is 24.2. The van der Waals surface area contributed by atoms with Crippen LogP contribution in [0, 0.1) is 23.2 Å². The lowest BCUT2D eigenvalue weighted by molar-refractivity contribution is -0.00357. The molecule has 0 bridgehead atoms. The summed E-state index contributed by atoms with van der Waals surface area (Å²) in [5.74, 6) is 2.21. The zero-order chi connectivity index (χ0) is 22.9. The van der Waals surface area contributed by atoms with E-state index in [2.05, 4.69) is 32.1 Å². The lowest BCUT2D eigenvalue weighted by atomic mass is 9.51. The molecule has 0 amide bonds. The van der Waals surface area contributed by atoms with Crippen molar-refractivity contribution in [3.05, 3.63) is 34.9 Å². The van der Waals surface area contributed by atoms with Crippen molar-refractivity contribution in [3.63, 3.8) is 0 Å². The van der Waals surface area contributed by atoms with E-state index in [1.807, 2.05) is 13.8 Å². The Morgan fingerprint density at radius 2 is 2.03 bits per heavy atom. The Morgan fingerprint density at radius 1 is 1.22 bits per heavy atom. The molecule has 2 unspecified atom stereocenters. The van der Waals surface area contributed by atoms with E-state index in [9.17, 15) is 10.2 Å². The van der Waals surface area contributed by atoms with Crippen LogP contribution in [0.3, 0.4) is 0 Å². The number of fused-ring (bicyclic) bond motifs is 2. The Morgan fingerprint density at radius 3 is 2.81 bits per heavy atom. The van der Waals surface area contributed by atoms with E-state index in [0.29, 0.717) is 17.9 Å². The van der Waals surface area contributed by atoms with Gasteiger partial charge in [-0.25, -0.2) is 0 Å². The quantitative estimate of drug-likeness (QED) is 0.461. The number of ether oxygens (including phenoxy) is 1. The van der Waals surface area contributed by atoms with Crippen LogP contribution in [-0.2, 0) is 4.74 Å². The van der Waals surface area contributed by atoms with Gasteiger partial charge in [-0.1, -0.05) is 62.5 Å². The van der Waals surface area contributed by atoms with Gasteiger partial charge in [-0.2, -0.15) is 0 Å². The highest BCUT2D eigenvalue weighted by molar-refractivity contribution is 5.32. The average molecular weight is 443 g/mol. The van der Waals surface area contributed by atoms with Crippen LogP contribution < -0.4 is 0 Å². The van der Waals surface area contributed by atoms with Gasteiger partial charge in [0.1, 0.15) is 0 Å². The van der Waals surface area contributed by atoms with Crippen molar-refractivity contribution in [3.8, 4) is 0 Å². The van der Waals surface area contributed by atoms with E-state index in [0.717, 1.165) is 43.1 Å². The van der Waals surface area contributed by atoms with E-state index in [1.165, 1.54) is 50.5 Å². The van der Waals surface area contributed by atoms with Gasteiger partial charge in [0.15, 0.2) is 0 Å². The molecule has 3 aliphatic carbocycles.